The summed E-state index contributed by atoms with van der Waals surface area (Å²) < 4.78 is 31.6. The molecule has 126 valence electrons. The number of hydrogen-bond donors (Lipinski definition) is 0. The van der Waals surface area contributed by atoms with Crippen LogP contribution < -0.4 is 4.74 Å². The number of benzene rings is 2. The van der Waals surface area contributed by atoms with Crippen LogP contribution in [0.5, 0.6) is 5.75 Å². The van der Waals surface area contributed by atoms with E-state index in [2.05, 4.69) is 0 Å². The van der Waals surface area contributed by atoms with Crippen LogP contribution in [-0.4, -0.2) is 37.3 Å². The highest BCUT2D eigenvalue weighted by Gasteiger charge is 2.46. The number of hydrogen-bond acceptors (Lipinski definition) is 5. The highest BCUT2D eigenvalue weighted by molar-refractivity contribution is 7.89. The van der Waals surface area contributed by atoms with E-state index in [-0.39, 0.29) is 10.9 Å². The maximum absolute atomic E-state index is 12.6. The molecule has 3 rings (SSSR count). The van der Waals surface area contributed by atoms with Crippen molar-refractivity contribution in [2.24, 2.45) is 0 Å². The lowest BCUT2D eigenvalue weighted by Gasteiger charge is -2.07. The number of para-hydroxylation sites is 1. The second-order valence-corrected chi connectivity index (χ2v) is 7.36. The standard InChI is InChI=1S/C16H16N2O5S/c1-23-14-8-6-12(7-9-14)10-13-11-17(13)24(21,22)16-5-3-2-4-15(16)18(19)20/h2-9,13H,10-11H2,1H3. The van der Waals surface area contributed by atoms with Crippen LogP contribution in [0.4, 0.5) is 5.69 Å². The molecule has 2 atom stereocenters. The Morgan fingerprint density at radius 2 is 1.88 bits per heavy atom. The Labute approximate surface area is 139 Å². The van der Waals surface area contributed by atoms with Crippen molar-refractivity contribution in [2.45, 2.75) is 17.4 Å². The van der Waals surface area contributed by atoms with Crippen molar-refractivity contribution >= 4 is 15.7 Å². The smallest absolute Gasteiger partial charge is 0.289 e. The van der Waals surface area contributed by atoms with Gasteiger partial charge in [-0.25, -0.2) is 8.42 Å². The van der Waals surface area contributed by atoms with Gasteiger partial charge in [0.05, 0.1) is 12.0 Å². The van der Waals surface area contributed by atoms with Crippen molar-refractivity contribution in [3.8, 4) is 5.75 Å². The van der Waals surface area contributed by atoms with Gasteiger partial charge in [-0.2, -0.15) is 4.31 Å². The minimum atomic E-state index is -3.86. The fourth-order valence-corrected chi connectivity index (χ4v) is 4.35. The molecule has 1 saturated heterocycles. The second kappa shape index (κ2) is 6.21. The average Bonchev–Trinajstić information content (AvgIpc) is 3.35. The van der Waals surface area contributed by atoms with E-state index in [0.717, 1.165) is 11.3 Å². The van der Waals surface area contributed by atoms with Gasteiger partial charge >= 0.3 is 0 Å². The number of nitrogens with zero attached hydrogens (tertiary/aromatic N) is 2. The second-order valence-electron chi connectivity index (χ2n) is 5.51. The zero-order chi connectivity index (χ0) is 17.3. The van der Waals surface area contributed by atoms with E-state index in [1.807, 2.05) is 24.3 Å². The fourth-order valence-electron chi connectivity index (χ4n) is 2.61. The largest absolute Gasteiger partial charge is 0.497 e. The van der Waals surface area contributed by atoms with Crippen molar-refractivity contribution in [3.05, 3.63) is 64.2 Å². The average molecular weight is 348 g/mol. The van der Waals surface area contributed by atoms with E-state index in [1.54, 1.807) is 7.11 Å². The van der Waals surface area contributed by atoms with E-state index < -0.39 is 20.6 Å². The molecule has 0 N–H and O–H groups in total. The molecule has 0 saturated carbocycles. The minimum absolute atomic E-state index is 0.178. The molecular weight excluding hydrogens is 332 g/mol. The lowest BCUT2D eigenvalue weighted by molar-refractivity contribution is -0.387. The van der Waals surface area contributed by atoms with Crippen molar-refractivity contribution < 1.29 is 18.1 Å². The first-order chi connectivity index (χ1) is 11.4. The van der Waals surface area contributed by atoms with Crippen molar-refractivity contribution in [3.63, 3.8) is 0 Å². The van der Waals surface area contributed by atoms with Crippen LogP contribution in [0.25, 0.3) is 0 Å². The van der Waals surface area contributed by atoms with E-state index in [1.165, 1.54) is 28.6 Å². The van der Waals surface area contributed by atoms with Gasteiger partial charge in [0.15, 0.2) is 4.90 Å². The summed E-state index contributed by atoms with van der Waals surface area (Å²) in [6, 6.07) is 12.6. The summed E-state index contributed by atoms with van der Waals surface area (Å²) in [5.41, 5.74) is 0.591. The maximum Gasteiger partial charge on any atom is 0.289 e. The number of methoxy groups -OCH3 is 1. The molecule has 7 nitrogen and oxygen atoms in total. The highest BCUT2D eigenvalue weighted by atomic mass is 32.2. The van der Waals surface area contributed by atoms with Gasteiger partial charge in [-0.15, -0.1) is 0 Å². The molecular formula is C16H16N2O5S. The summed E-state index contributed by atoms with van der Waals surface area (Å²) in [6.45, 7) is 0.362. The third-order valence-corrected chi connectivity index (χ3v) is 5.91. The number of sulfonamides is 1. The number of nitro benzene ring substituents is 1. The molecule has 2 unspecified atom stereocenters. The van der Waals surface area contributed by atoms with Crippen molar-refractivity contribution in [2.75, 3.05) is 13.7 Å². The Hall–Kier alpha value is -2.45. The van der Waals surface area contributed by atoms with Crippen LogP contribution in [-0.2, 0) is 16.4 Å². The van der Waals surface area contributed by atoms with Gasteiger partial charge in [-0.05, 0) is 30.2 Å². The third-order valence-electron chi connectivity index (χ3n) is 3.94. The Bertz CT molecular complexity index is 864. The molecule has 1 heterocycles. The Morgan fingerprint density at radius 1 is 1.21 bits per heavy atom. The van der Waals surface area contributed by atoms with Crippen LogP contribution >= 0.6 is 0 Å². The predicted molar refractivity (Wildman–Crippen MR) is 87.5 cm³/mol. The van der Waals surface area contributed by atoms with Crippen LogP contribution in [0.1, 0.15) is 5.56 Å². The Balaban J connectivity index is 1.77. The van der Waals surface area contributed by atoms with Gasteiger partial charge in [0, 0.05) is 18.7 Å². The normalized spacial score (nSPS) is 19.7. The minimum Gasteiger partial charge on any atom is -0.497 e. The van der Waals surface area contributed by atoms with Crippen LogP contribution in [0, 0.1) is 10.1 Å². The van der Waals surface area contributed by atoms with E-state index in [0.29, 0.717) is 13.0 Å². The summed E-state index contributed by atoms with van der Waals surface area (Å²) in [5, 5.41) is 11.1. The van der Waals surface area contributed by atoms with E-state index in [4.69, 9.17) is 4.74 Å². The summed E-state index contributed by atoms with van der Waals surface area (Å²) in [7, 11) is -2.28. The van der Waals surface area contributed by atoms with Gasteiger partial charge in [0.1, 0.15) is 5.75 Å². The van der Waals surface area contributed by atoms with Gasteiger partial charge in [0.2, 0.25) is 10.0 Å². The quantitative estimate of drug-likeness (QED) is 0.454. The first-order valence-corrected chi connectivity index (χ1v) is 8.75. The van der Waals surface area contributed by atoms with Gasteiger partial charge < -0.3 is 4.74 Å². The van der Waals surface area contributed by atoms with Gasteiger partial charge in [-0.1, -0.05) is 24.3 Å². The van der Waals surface area contributed by atoms with Crippen molar-refractivity contribution in [1.82, 2.24) is 4.31 Å². The summed E-state index contributed by atoms with van der Waals surface area (Å²) in [6.07, 6.45) is 0.559. The molecule has 8 heteroatoms. The molecule has 1 aliphatic heterocycles. The van der Waals surface area contributed by atoms with Gasteiger partial charge in [-0.3, -0.25) is 10.1 Å². The lowest BCUT2D eigenvalue weighted by atomic mass is 10.1. The Kier molecular flexibility index (Phi) is 4.25. The van der Waals surface area contributed by atoms with E-state index >= 15 is 0 Å². The molecule has 1 fully saturated rings. The number of nitro groups is 1. The molecule has 2 aromatic carbocycles. The number of rotatable bonds is 6. The molecule has 0 radical (unpaired) electrons. The molecule has 0 aromatic heterocycles. The predicted octanol–water partition coefficient (Wildman–Crippen LogP) is 2.22. The summed E-state index contributed by atoms with van der Waals surface area (Å²) >= 11 is 0. The zero-order valence-electron chi connectivity index (χ0n) is 13.0. The fraction of sp³-hybridized carbons (Fsp3) is 0.250. The molecule has 0 bridgehead atoms. The first-order valence-electron chi connectivity index (χ1n) is 7.31. The monoisotopic (exact) mass is 348 g/mol. The molecule has 24 heavy (non-hydrogen) atoms. The summed E-state index contributed by atoms with van der Waals surface area (Å²) in [4.78, 5) is 10.1. The Morgan fingerprint density at radius 3 is 2.50 bits per heavy atom. The maximum atomic E-state index is 12.6. The zero-order valence-corrected chi connectivity index (χ0v) is 13.8. The summed E-state index contributed by atoms with van der Waals surface area (Å²) in [5.74, 6) is 0.735. The molecule has 1 aliphatic rings. The van der Waals surface area contributed by atoms with Crippen LogP contribution in [0.3, 0.4) is 0 Å². The molecule has 2 aromatic rings. The van der Waals surface area contributed by atoms with Crippen molar-refractivity contribution in [1.29, 1.82) is 0 Å². The van der Waals surface area contributed by atoms with Crippen LogP contribution in [0.15, 0.2) is 53.4 Å². The molecule has 0 aliphatic carbocycles. The third kappa shape index (κ3) is 3.10. The van der Waals surface area contributed by atoms with Gasteiger partial charge in [0.25, 0.3) is 5.69 Å². The van der Waals surface area contributed by atoms with E-state index in [9.17, 15) is 18.5 Å². The highest BCUT2D eigenvalue weighted by Crippen LogP contribution is 2.34. The lowest BCUT2D eigenvalue weighted by Crippen LogP contribution is -2.17. The van der Waals surface area contributed by atoms with Crippen LogP contribution in [0.2, 0.25) is 0 Å². The number of ether oxygens (including phenoxy) is 1. The first kappa shape index (κ1) is 16.4. The molecule has 0 spiro atoms. The molecule has 0 amide bonds. The SMILES string of the molecule is COc1ccc(CC2CN2S(=O)(=O)c2ccccc2[N+](=O)[O-])cc1. The topological polar surface area (TPSA) is 89.5 Å².